The van der Waals surface area contributed by atoms with Crippen molar-refractivity contribution < 1.29 is 13.4 Å². The van der Waals surface area contributed by atoms with Crippen molar-refractivity contribution in [1.82, 2.24) is 0 Å². The minimum Gasteiger partial charge on any atom is -0.292 e. The molecule has 94 valence electrons. The molecule has 0 aliphatic carbocycles. The number of ketones is 1. The summed E-state index contributed by atoms with van der Waals surface area (Å²) in [5, 5.41) is 0. The zero-order valence-electron chi connectivity index (χ0n) is 9.68. The molecule has 18 heavy (non-hydrogen) atoms. The molecule has 0 aliphatic rings. The van der Waals surface area contributed by atoms with Crippen molar-refractivity contribution in [3.8, 4) is 0 Å². The number of hydrogen-bond donors (Lipinski definition) is 0. The Morgan fingerprint density at radius 1 is 1.28 bits per heavy atom. The van der Waals surface area contributed by atoms with Crippen LogP contribution >= 0.6 is 11.3 Å². The number of halogens is 1. The zero-order valence-corrected chi connectivity index (χ0v) is 11.3. The van der Waals surface area contributed by atoms with Crippen LogP contribution in [-0.4, -0.2) is 15.7 Å². The van der Waals surface area contributed by atoms with Gasteiger partial charge in [0.25, 0.3) is 0 Å². The molecule has 2 nitrogen and oxygen atoms in total. The summed E-state index contributed by atoms with van der Waals surface area (Å²) in [5.74, 6) is -0.929. The third kappa shape index (κ3) is 2.91. The van der Waals surface area contributed by atoms with Crippen LogP contribution in [0.5, 0.6) is 0 Å². The van der Waals surface area contributed by atoms with Crippen molar-refractivity contribution in [3.63, 3.8) is 0 Å². The average Bonchev–Trinajstić information content (AvgIpc) is 2.76. The number of Topliss-reactive ketones (excluding diaryl/α,β-unsaturated/α-hetero) is 1. The van der Waals surface area contributed by atoms with Crippen molar-refractivity contribution in [2.75, 3.05) is 5.75 Å². The van der Waals surface area contributed by atoms with Gasteiger partial charge in [-0.05, 0) is 31.2 Å². The number of carbonyl (C=O) groups is 1. The molecule has 0 fully saturated rings. The lowest BCUT2D eigenvalue weighted by atomic mass is 10.3. The highest BCUT2D eigenvalue weighted by molar-refractivity contribution is 7.85. The van der Waals surface area contributed by atoms with E-state index >= 15 is 0 Å². The fraction of sp³-hybridized carbons (Fsp3) is 0.154. The second kappa shape index (κ2) is 5.54. The van der Waals surface area contributed by atoms with Crippen LogP contribution in [0.4, 0.5) is 4.39 Å². The molecule has 1 aromatic heterocycles. The highest BCUT2D eigenvalue weighted by Gasteiger charge is 2.16. The first-order valence-corrected chi connectivity index (χ1v) is 7.44. The molecule has 1 heterocycles. The smallest absolute Gasteiger partial charge is 0.185 e. The molecule has 0 N–H and O–H groups in total. The minimum absolute atomic E-state index is 0.0825. The van der Waals surface area contributed by atoms with E-state index in [0.29, 0.717) is 4.88 Å². The van der Waals surface area contributed by atoms with E-state index in [9.17, 15) is 13.4 Å². The van der Waals surface area contributed by atoms with E-state index < -0.39 is 16.6 Å². The van der Waals surface area contributed by atoms with Gasteiger partial charge in [0, 0.05) is 4.88 Å². The minimum atomic E-state index is -1.63. The number of benzene rings is 1. The van der Waals surface area contributed by atoms with E-state index in [2.05, 4.69) is 0 Å². The van der Waals surface area contributed by atoms with Crippen LogP contribution in [0.1, 0.15) is 14.5 Å². The molecule has 0 saturated carbocycles. The molecule has 0 spiro atoms. The lowest BCUT2D eigenvalue weighted by Crippen LogP contribution is -2.10. The number of thiophene rings is 1. The summed E-state index contributed by atoms with van der Waals surface area (Å²) in [6, 6.07) is 9.37. The molecule has 0 saturated heterocycles. The average molecular weight is 282 g/mol. The van der Waals surface area contributed by atoms with Crippen LogP contribution in [0.3, 0.4) is 0 Å². The number of rotatable bonds is 4. The lowest BCUT2D eigenvalue weighted by Gasteiger charge is -2.01. The summed E-state index contributed by atoms with van der Waals surface area (Å²) < 4.78 is 25.3. The molecule has 2 rings (SSSR count). The Balaban J connectivity index is 2.13. The molecule has 0 radical (unpaired) electrons. The molecule has 2 aromatic rings. The first kappa shape index (κ1) is 13.1. The molecule has 0 aliphatic heterocycles. The summed E-state index contributed by atoms with van der Waals surface area (Å²) in [7, 11) is -1.63. The highest BCUT2D eigenvalue weighted by Crippen LogP contribution is 2.18. The summed E-state index contributed by atoms with van der Waals surface area (Å²) in [5.41, 5.74) is 0. The van der Waals surface area contributed by atoms with Crippen LogP contribution in [0.25, 0.3) is 0 Å². The van der Waals surface area contributed by atoms with Crippen molar-refractivity contribution in [3.05, 3.63) is 52.0 Å². The van der Waals surface area contributed by atoms with Crippen LogP contribution in [-0.2, 0) is 10.8 Å². The molecule has 1 aromatic carbocycles. The number of aryl methyl sites for hydroxylation is 1. The first-order valence-electron chi connectivity index (χ1n) is 5.30. The predicted octanol–water partition coefficient (Wildman–Crippen LogP) is 3.19. The van der Waals surface area contributed by atoms with Gasteiger partial charge in [0.05, 0.1) is 26.3 Å². The molecule has 0 bridgehead atoms. The van der Waals surface area contributed by atoms with Gasteiger partial charge in [-0.1, -0.05) is 12.1 Å². The van der Waals surface area contributed by atoms with E-state index in [1.54, 1.807) is 12.1 Å². The monoisotopic (exact) mass is 282 g/mol. The summed E-state index contributed by atoms with van der Waals surface area (Å²) >= 11 is 1.36. The Labute approximate surface area is 111 Å². The van der Waals surface area contributed by atoms with Crippen LogP contribution in [0, 0.1) is 12.7 Å². The van der Waals surface area contributed by atoms with Gasteiger partial charge in [0.1, 0.15) is 5.82 Å². The van der Waals surface area contributed by atoms with Crippen LogP contribution in [0.2, 0.25) is 0 Å². The third-order valence-electron chi connectivity index (χ3n) is 2.36. The summed E-state index contributed by atoms with van der Waals surface area (Å²) in [6.07, 6.45) is 0. The summed E-state index contributed by atoms with van der Waals surface area (Å²) in [4.78, 5) is 13.5. The zero-order chi connectivity index (χ0) is 13.1. The Hall–Kier alpha value is -1.33. The van der Waals surface area contributed by atoms with Gasteiger partial charge in [-0.15, -0.1) is 11.3 Å². The topological polar surface area (TPSA) is 34.1 Å². The van der Waals surface area contributed by atoms with Gasteiger partial charge >= 0.3 is 0 Å². The predicted molar refractivity (Wildman–Crippen MR) is 71.1 cm³/mol. The molecule has 1 atom stereocenters. The maximum atomic E-state index is 13.4. The molecular formula is C13H11FO2S2. The van der Waals surface area contributed by atoms with Gasteiger partial charge in [-0.3, -0.25) is 9.00 Å². The van der Waals surface area contributed by atoms with Gasteiger partial charge in [0.2, 0.25) is 0 Å². The number of hydrogen-bond acceptors (Lipinski definition) is 3. The Kier molecular flexibility index (Phi) is 4.04. The highest BCUT2D eigenvalue weighted by atomic mass is 32.2. The van der Waals surface area contributed by atoms with Crippen LogP contribution in [0.15, 0.2) is 41.3 Å². The molecule has 1 unspecified atom stereocenters. The first-order chi connectivity index (χ1) is 8.58. The van der Waals surface area contributed by atoms with Crippen molar-refractivity contribution in [1.29, 1.82) is 0 Å². The maximum Gasteiger partial charge on any atom is 0.185 e. The maximum absolute atomic E-state index is 13.4. The fourth-order valence-corrected chi connectivity index (χ4v) is 3.44. The second-order valence-electron chi connectivity index (χ2n) is 3.75. The third-order valence-corrected chi connectivity index (χ3v) is 4.75. The quantitative estimate of drug-likeness (QED) is 0.807. The molecular weight excluding hydrogens is 271 g/mol. The Bertz CT molecular complexity index is 605. The van der Waals surface area contributed by atoms with Gasteiger partial charge in [-0.2, -0.15) is 0 Å². The van der Waals surface area contributed by atoms with Crippen molar-refractivity contribution >= 4 is 27.9 Å². The fourth-order valence-electron chi connectivity index (χ4n) is 1.48. The largest absolute Gasteiger partial charge is 0.292 e. The van der Waals surface area contributed by atoms with E-state index in [4.69, 9.17) is 0 Å². The van der Waals surface area contributed by atoms with E-state index in [1.165, 1.54) is 29.5 Å². The lowest BCUT2D eigenvalue weighted by molar-refractivity contribution is 0.102. The van der Waals surface area contributed by atoms with E-state index in [-0.39, 0.29) is 16.4 Å². The van der Waals surface area contributed by atoms with Crippen LogP contribution < -0.4 is 0 Å². The van der Waals surface area contributed by atoms with E-state index in [1.807, 2.05) is 13.0 Å². The van der Waals surface area contributed by atoms with Gasteiger partial charge in [0.15, 0.2) is 5.78 Å². The van der Waals surface area contributed by atoms with Crippen molar-refractivity contribution in [2.45, 2.75) is 11.8 Å². The standard InChI is InChI=1S/C13H11FO2S2/c1-9-6-7-12(17-9)11(15)8-18(16)13-5-3-2-4-10(13)14/h2-7H,8H2,1H3. The summed E-state index contributed by atoms with van der Waals surface area (Å²) in [6.45, 7) is 1.90. The van der Waals surface area contributed by atoms with Gasteiger partial charge in [-0.25, -0.2) is 4.39 Å². The molecule has 5 heteroatoms. The van der Waals surface area contributed by atoms with E-state index in [0.717, 1.165) is 4.88 Å². The Morgan fingerprint density at radius 2 is 2.00 bits per heavy atom. The van der Waals surface area contributed by atoms with Gasteiger partial charge < -0.3 is 0 Å². The number of carbonyl (C=O) groups excluding carboxylic acids is 1. The SMILES string of the molecule is Cc1ccc(C(=O)CS(=O)c2ccccc2F)s1. The molecule has 0 amide bonds. The van der Waals surface area contributed by atoms with Crippen molar-refractivity contribution in [2.24, 2.45) is 0 Å². The normalized spacial score (nSPS) is 12.3. The second-order valence-corrected chi connectivity index (χ2v) is 6.46. The Morgan fingerprint density at radius 3 is 2.61 bits per heavy atom.